The van der Waals surface area contributed by atoms with Crippen molar-refractivity contribution in [1.29, 1.82) is 0 Å². The van der Waals surface area contributed by atoms with Gasteiger partial charge in [0.15, 0.2) is 12.2 Å². The lowest BCUT2D eigenvalue weighted by Crippen LogP contribution is -2.58. The minimum Gasteiger partial charge on any atom is -0.456 e. The van der Waals surface area contributed by atoms with Gasteiger partial charge in [-0.1, -0.05) is 27.7 Å². The third kappa shape index (κ3) is 6.82. The van der Waals surface area contributed by atoms with E-state index in [0.717, 1.165) is 13.8 Å². The highest BCUT2D eigenvalue weighted by Gasteiger charge is 2.49. The van der Waals surface area contributed by atoms with Crippen LogP contribution < -0.4 is 0 Å². The first-order valence-corrected chi connectivity index (χ1v) is 8.66. The van der Waals surface area contributed by atoms with Gasteiger partial charge in [0.2, 0.25) is 12.4 Å². The first-order valence-electron chi connectivity index (χ1n) is 8.66. The van der Waals surface area contributed by atoms with E-state index >= 15 is 0 Å². The van der Waals surface area contributed by atoms with Gasteiger partial charge in [0.05, 0.1) is 12.5 Å². The fourth-order valence-corrected chi connectivity index (χ4v) is 2.38. The molecular weight excluding hydrogens is 360 g/mol. The van der Waals surface area contributed by atoms with E-state index in [9.17, 15) is 19.2 Å². The number of esters is 4. The Kier molecular flexibility index (Phi) is 7.77. The van der Waals surface area contributed by atoms with Crippen LogP contribution in [0.3, 0.4) is 0 Å². The van der Waals surface area contributed by atoms with Gasteiger partial charge in [-0.3, -0.25) is 19.2 Å². The molecule has 1 rings (SSSR count). The number of hydrogen-bond donors (Lipinski definition) is 0. The minimum atomic E-state index is -1.30. The van der Waals surface area contributed by atoms with Crippen LogP contribution in [-0.4, -0.2) is 55.1 Å². The zero-order chi connectivity index (χ0) is 20.9. The maximum Gasteiger partial charge on any atom is 0.311 e. The summed E-state index contributed by atoms with van der Waals surface area (Å²) in [5.41, 5.74) is -0.363. The van der Waals surface area contributed by atoms with Crippen molar-refractivity contribution in [3.63, 3.8) is 0 Å². The second-order valence-corrected chi connectivity index (χ2v) is 7.52. The molecule has 1 aliphatic rings. The van der Waals surface area contributed by atoms with Crippen LogP contribution in [0.1, 0.15) is 48.5 Å². The Labute approximate surface area is 158 Å². The summed E-state index contributed by atoms with van der Waals surface area (Å²) >= 11 is 0. The number of hydrogen-bond acceptors (Lipinski definition) is 9. The van der Waals surface area contributed by atoms with Gasteiger partial charge < -0.3 is 23.7 Å². The van der Waals surface area contributed by atoms with Gasteiger partial charge in [0.25, 0.3) is 0 Å². The van der Waals surface area contributed by atoms with Crippen molar-refractivity contribution >= 4 is 23.9 Å². The fraction of sp³-hybridized carbons (Fsp3) is 0.778. The highest BCUT2D eigenvalue weighted by molar-refractivity contribution is 5.73. The highest BCUT2D eigenvalue weighted by atomic mass is 16.7. The van der Waals surface area contributed by atoms with Gasteiger partial charge >= 0.3 is 23.9 Å². The maximum atomic E-state index is 12.4. The summed E-state index contributed by atoms with van der Waals surface area (Å²) in [6.45, 7) is 10.6. The van der Waals surface area contributed by atoms with Crippen LogP contribution in [0.25, 0.3) is 0 Å². The van der Waals surface area contributed by atoms with Gasteiger partial charge in [-0.2, -0.15) is 0 Å². The summed E-state index contributed by atoms with van der Waals surface area (Å²) in [7, 11) is 0. The summed E-state index contributed by atoms with van der Waals surface area (Å²) in [4.78, 5) is 46.8. The smallest absolute Gasteiger partial charge is 0.311 e. The van der Waals surface area contributed by atoms with E-state index in [1.54, 1.807) is 6.92 Å². The SMILES string of the molecule is CC(=O)OC1COC(OC(=O)C(C)C(C)(C)C)C(OC(C)=O)C1OC(C)=O. The summed E-state index contributed by atoms with van der Waals surface area (Å²) in [6.07, 6.45) is -4.76. The Hall–Kier alpha value is -2.16. The molecular formula is C18H28O9. The molecule has 0 amide bonds. The van der Waals surface area contributed by atoms with Crippen LogP contribution >= 0.6 is 0 Å². The second-order valence-electron chi connectivity index (χ2n) is 7.52. The molecule has 1 saturated heterocycles. The minimum absolute atomic E-state index is 0.197. The van der Waals surface area contributed by atoms with E-state index in [1.165, 1.54) is 6.92 Å². The molecule has 0 aromatic rings. The largest absolute Gasteiger partial charge is 0.456 e. The Morgan fingerprint density at radius 1 is 0.852 bits per heavy atom. The third-order valence-corrected chi connectivity index (χ3v) is 4.19. The molecule has 1 fully saturated rings. The molecule has 0 aromatic carbocycles. The second kappa shape index (κ2) is 9.16. The zero-order valence-electron chi connectivity index (χ0n) is 16.8. The maximum absolute atomic E-state index is 12.4. The van der Waals surface area contributed by atoms with Gasteiger partial charge in [0.1, 0.15) is 0 Å². The highest BCUT2D eigenvalue weighted by Crippen LogP contribution is 2.30. The molecule has 0 saturated carbocycles. The summed E-state index contributed by atoms with van der Waals surface area (Å²) in [6, 6.07) is 0. The molecule has 0 N–H and O–H groups in total. The van der Waals surface area contributed by atoms with Crippen molar-refractivity contribution in [2.24, 2.45) is 11.3 Å². The van der Waals surface area contributed by atoms with Gasteiger partial charge in [-0.25, -0.2) is 0 Å². The van der Waals surface area contributed by atoms with Gasteiger partial charge in [0, 0.05) is 20.8 Å². The predicted molar refractivity (Wildman–Crippen MR) is 91.1 cm³/mol. The molecule has 5 unspecified atom stereocenters. The molecule has 154 valence electrons. The average Bonchev–Trinajstić information content (AvgIpc) is 2.49. The molecule has 0 bridgehead atoms. The van der Waals surface area contributed by atoms with Crippen LogP contribution in [0.5, 0.6) is 0 Å². The molecule has 0 spiro atoms. The zero-order valence-corrected chi connectivity index (χ0v) is 16.8. The molecule has 9 heteroatoms. The van der Waals surface area contributed by atoms with Crippen LogP contribution in [0.4, 0.5) is 0 Å². The lowest BCUT2D eigenvalue weighted by Gasteiger charge is -2.40. The lowest BCUT2D eigenvalue weighted by molar-refractivity contribution is -0.276. The average molecular weight is 388 g/mol. The fourth-order valence-electron chi connectivity index (χ4n) is 2.38. The molecule has 0 aromatic heterocycles. The van der Waals surface area contributed by atoms with E-state index in [-0.39, 0.29) is 12.0 Å². The standard InChI is InChI=1S/C18H28O9/c1-9(18(5,6)7)16(22)27-17-15(26-12(4)21)14(25-11(3)20)13(8-23-17)24-10(2)19/h9,13-15,17H,8H2,1-7H3. The van der Waals surface area contributed by atoms with Crippen molar-refractivity contribution in [2.45, 2.75) is 73.1 Å². The normalized spacial score (nSPS) is 26.5. The predicted octanol–water partition coefficient (Wildman–Crippen LogP) is 1.36. The van der Waals surface area contributed by atoms with E-state index in [0.29, 0.717) is 0 Å². The van der Waals surface area contributed by atoms with Crippen molar-refractivity contribution in [2.75, 3.05) is 6.61 Å². The van der Waals surface area contributed by atoms with Crippen molar-refractivity contribution < 1.29 is 42.9 Å². The molecule has 1 heterocycles. The monoisotopic (exact) mass is 388 g/mol. The quantitative estimate of drug-likeness (QED) is 0.508. The van der Waals surface area contributed by atoms with Gasteiger partial charge in [-0.05, 0) is 5.41 Å². The van der Waals surface area contributed by atoms with Crippen molar-refractivity contribution in [3.8, 4) is 0 Å². The topological polar surface area (TPSA) is 114 Å². The van der Waals surface area contributed by atoms with E-state index in [4.69, 9.17) is 23.7 Å². The van der Waals surface area contributed by atoms with Crippen LogP contribution in [0, 0.1) is 11.3 Å². The Morgan fingerprint density at radius 2 is 1.33 bits per heavy atom. The van der Waals surface area contributed by atoms with Crippen LogP contribution in [0.15, 0.2) is 0 Å². The first-order chi connectivity index (χ1) is 12.3. The van der Waals surface area contributed by atoms with Crippen molar-refractivity contribution in [1.82, 2.24) is 0 Å². The third-order valence-electron chi connectivity index (χ3n) is 4.19. The Morgan fingerprint density at radius 3 is 1.78 bits per heavy atom. The van der Waals surface area contributed by atoms with E-state index in [1.807, 2.05) is 20.8 Å². The van der Waals surface area contributed by atoms with Crippen LogP contribution in [-0.2, 0) is 42.9 Å². The molecule has 5 atom stereocenters. The molecule has 0 aliphatic carbocycles. The number of carbonyl (C=O) groups excluding carboxylic acids is 4. The Bertz CT molecular complexity index is 578. The molecule has 27 heavy (non-hydrogen) atoms. The summed E-state index contributed by atoms with van der Waals surface area (Å²) < 4.78 is 26.3. The summed E-state index contributed by atoms with van der Waals surface area (Å²) in [5.74, 6) is -3.03. The molecule has 9 nitrogen and oxygen atoms in total. The van der Waals surface area contributed by atoms with Crippen molar-refractivity contribution in [3.05, 3.63) is 0 Å². The van der Waals surface area contributed by atoms with Crippen LogP contribution in [0.2, 0.25) is 0 Å². The Balaban J connectivity index is 3.08. The lowest BCUT2D eigenvalue weighted by atomic mass is 9.82. The van der Waals surface area contributed by atoms with Gasteiger partial charge in [-0.15, -0.1) is 0 Å². The first kappa shape index (κ1) is 22.9. The molecule has 1 aliphatic heterocycles. The van der Waals surface area contributed by atoms with E-state index in [2.05, 4.69) is 0 Å². The number of ether oxygens (including phenoxy) is 5. The number of carbonyl (C=O) groups is 4. The van der Waals surface area contributed by atoms with E-state index < -0.39 is 54.4 Å². The summed E-state index contributed by atoms with van der Waals surface area (Å²) in [5, 5.41) is 0. The molecule has 0 radical (unpaired) electrons. The number of rotatable bonds is 5.